The molecule has 3 aromatic heterocycles. The standard InChI is InChI=1S/C31H30Cl2FN7O4S2/c1-47(43,44)45-16-18-6-9-39(10-7-18)21-4-2-19(3-5-21)22-13-24(32)23-15-41(38-27(23)26(22)33)29(30(42)37-31-35-8-11-46-31)28-25-12-20(34)14-40(25)17-36-28/h2-5,8,11,13,15,17-18,20,29H,6-7,9-10,12,14,16H2,1H3,(H,35,37,42)/t20-,29-/m1/s1. The van der Waals surface area contributed by atoms with E-state index in [1.165, 1.54) is 16.0 Å². The molecule has 1 fully saturated rings. The maximum Gasteiger partial charge on any atom is 0.264 e. The summed E-state index contributed by atoms with van der Waals surface area (Å²) in [5, 5.41) is 11.1. The molecule has 5 heterocycles. The van der Waals surface area contributed by atoms with Crippen LogP contribution in [-0.4, -0.2) is 70.8 Å². The van der Waals surface area contributed by atoms with Gasteiger partial charge < -0.3 is 9.47 Å². The van der Waals surface area contributed by atoms with Gasteiger partial charge >= 0.3 is 0 Å². The second kappa shape index (κ2) is 12.8. The fourth-order valence-electron chi connectivity index (χ4n) is 6.24. The molecule has 5 aromatic rings. The van der Waals surface area contributed by atoms with Gasteiger partial charge in [-0.2, -0.15) is 13.5 Å². The molecule has 0 aliphatic carbocycles. The number of anilines is 2. The lowest BCUT2D eigenvalue weighted by Gasteiger charge is -2.33. The molecule has 11 nitrogen and oxygen atoms in total. The first-order valence-corrected chi connectivity index (χ1v) is 18.4. The van der Waals surface area contributed by atoms with Gasteiger partial charge in [-0.1, -0.05) is 35.3 Å². The Labute approximate surface area is 284 Å². The van der Waals surface area contributed by atoms with Gasteiger partial charge in [-0.25, -0.2) is 14.4 Å². The van der Waals surface area contributed by atoms with Gasteiger partial charge in [0.25, 0.3) is 16.0 Å². The number of thiazole rings is 1. The van der Waals surface area contributed by atoms with Crippen LogP contribution >= 0.6 is 34.5 Å². The van der Waals surface area contributed by atoms with Crippen LogP contribution in [0, 0.1) is 5.92 Å². The fourth-order valence-corrected chi connectivity index (χ4v) is 7.76. The first kappa shape index (κ1) is 32.0. The largest absolute Gasteiger partial charge is 0.372 e. The number of rotatable bonds is 9. The van der Waals surface area contributed by atoms with E-state index in [2.05, 4.69) is 20.2 Å². The number of fused-ring (bicyclic) bond motifs is 2. The van der Waals surface area contributed by atoms with Gasteiger partial charge in [-0.05, 0) is 42.5 Å². The summed E-state index contributed by atoms with van der Waals surface area (Å²) in [5.74, 6) is -0.229. The lowest BCUT2D eigenvalue weighted by Crippen LogP contribution is -2.35. The summed E-state index contributed by atoms with van der Waals surface area (Å²) in [6, 6.07) is 8.75. The summed E-state index contributed by atoms with van der Waals surface area (Å²) < 4.78 is 45.2. The smallest absolute Gasteiger partial charge is 0.264 e. The highest BCUT2D eigenvalue weighted by molar-refractivity contribution is 7.85. The second-order valence-corrected chi connectivity index (χ2v) is 15.1. The van der Waals surface area contributed by atoms with E-state index in [1.807, 2.05) is 24.3 Å². The van der Waals surface area contributed by atoms with E-state index in [0.717, 1.165) is 43.4 Å². The highest BCUT2D eigenvalue weighted by Crippen LogP contribution is 2.40. The molecule has 2 atom stereocenters. The van der Waals surface area contributed by atoms with Crippen molar-refractivity contribution in [3.63, 3.8) is 0 Å². The minimum Gasteiger partial charge on any atom is -0.372 e. The average Bonchev–Trinajstić information content (AvgIpc) is 3.85. The van der Waals surface area contributed by atoms with E-state index in [4.69, 9.17) is 32.5 Å². The van der Waals surface area contributed by atoms with Crippen LogP contribution in [0.5, 0.6) is 0 Å². The van der Waals surface area contributed by atoms with Crippen molar-refractivity contribution in [1.82, 2.24) is 24.3 Å². The number of hydrogen-bond acceptors (Lipinski definition) is 9. The normalized spacial score (nSPS) is 17.7. The van der Waals surface area contributed by atoms with Crippen LogP contribution in [0.4, 0.5) is 15.2 Å². The minimum absolute atomic E-state index is 0.147. The third-order valence-corrected chi connectivity index (χ3v) is 10.6. The number of halogens is 3. The van der Waals surface area contributed by atoms with Crippen molar-refractivity contribution in [3.05, 3.63) is 75.9 Å². The van der Waals surface area contributed by atoms with Crippen LogP contribution in [0.2, 0.25) is 10.0 Å². The highest BCUT2D eigenvalue weighted by Gasteiger charge is 2.34. The van der Waals surface area contributed by atoms with Crippen LogP contribution in [0.1, 0.15) is 30.3 Å². The zero-order valence-corrected chi connectivity index (χ0v) is 28.3. The molecule has 2 aromatic carbocycles. The Morgan fingerprint density at radius 1 is 1.19 bits per heavy atom. The summed E-state index contributed by atoms with van der Waals surface area (Å²) in [7, 11) is -3.45. The number of hydrogen-bond donors (Lipinski definition) is 1. The zero-order chi connectivity index (χ0) is 32.9. The summed E-state index contributed by atoms with van der Waals surface area (Å²) in [6.45, 7) is 1.97. The van der Waals surface area contributed by atoms with Crippen LogP contribution in [-0.2, 0) is 32.1 Å². The zero-order valence-electron chi connectivity index (χ0n) is 25.1. The number of carbonyl (C=O) groups is 1. The molecule has 246 valence electrons. The Morgan fingerprint density at radius 2 is 1.96 bits per heavy atom. The molecule has 16 heteroatoms. The van der Waals surface area contributed by atoms with E-state index >= 15 is 0 Å². The Balaban J connectivity index is 1.16. The third-order valence-electron chi connectivity index (χ3n) is 8.60. The molecule has 7 rings (SSSR count). The fraction of sp³-hybridized carbons (Fsp3) is 0.355. The quantitative estimate of drug-likeness (QED) is 0.185. The Kier molecular flexibility index (Phi) is 8.72. The van der Waals surface area contributed by atoms with Crippen molar-refractivity contribution < 1.29 is 21.8 Å². The summed E-state index contributed by atoms with van der Waals surface area (Å²) in [5.41, 5.74) is 4.03. The Morgan fingerprint density at radius 3 is 2.66 bits per heavy atom. The molecule has 2 aliphatic rings. The molecule has 0 radical (unpaired) electrons. The maximum atomic E-state index is 14.4. The SMILES string of the molecule is CS(=O)(=O)OCC1CCN(c2ccc(-c3cc(Cl)c4cn([C@@H](C(=O)Nc5nccs5)c5ncn6c5C[C@@H](F)C6)nc4c3Cl)cc2)CC1. The first-order chi connectivity index (χ1) is 22.5. The lowest BCUT2D eigenvalue weighted by atomic mass is 9.97. The van der Waals surface area contributed by atoms with Crippen LogP contribution < -0.4 is 10.2 Å². The second-order valence-electron chi connectivity index (χ2n) is 11.8. The summed E-state index contributed by atoms with van der Waals surface area (Å²) >= 11 is 15.1. The molecule has 1 N–H and O–H groups in total. The van der Waals surface area contributed by atoms with Crippen molar-refractivity contribution in [2.75, 3.05) is 36.2 Å². The van der Waals surface area contributed by atoms with E-state index in [-0.39, 0.29) is 25.5 Å². The molecule has 1 saturated heterocycles. The van der Waals surface area contributed by atoms with Crippen molar-refractivity contribution in [1.29, 1.82) is 0 Å². The van der Waals surface area contributed by atoms with Gasteiger partial charge in [0.2, 0.25) is 0 Å². The average molecular weight is 719 g/mol. The molecular weight excluding hydrogens is 688 g/mol. The van der Waals surface area contributed by atoms with Gasteiger partial charge in [0, 0.05) is 59.6 Å². The number of nitrogens with zero attached hydrogens (tertiary/aromatic N) is 6. The lowest BCUT2D eigenvalue weighted by molar-refractivity contribution is -0.118. The number of amides is 1. The molecule has 0 unspecified atom stereocenters. The molecule has 0 bridgehead atoms. The van der Waals surface area contributed by atoms with Gasteiger partial charge in [0.05, 0.1) is 41.5 Å². The maximum absolute atomic E-state index is 14.4. The number of alkyl halides is 1. The van der Waals surface area contributed by atoms with Crippen molar-refractivity contribution in [2.45, 2.75) is 38.0 Å². The summed E-state index contributed by atoms with van der Waals surface area (Å²) in [6.07, 6.45) is 6.63. The minimum atomic E-state index is -3.45. The van der Waals surface area contributed by atoms with Gasteiger partial charge in [-0.3, -0.25) is 19.0 Å². The molecular formula is C31H30Cl2FN7O4S2. The number of aromatic nitrogens is 5. The van der Waals surface area contributed by atoms with Crippen molar-refractivity contribution in [2.24, 2.45) is 5.92 Å². The number of benzene rings is 2. The topological polar surface area (TPSA) is 124 Å². The van der Waals surface area contributed by atoms with E-state index in [9.17, 15) is 17.6 Å². The first-order valence-electron chi connectivity index (χ1n) is 15.0. The number of imidazole rings is 1. The van der Waals surface area contributed by atoms with E-state index in [1.54, 1.807) is 34.7 Å². The van der Waals surface area contributed by atoms with E-state index < -0.39 is 28.2 Å². The predicted octanol–water partition coefficient (Wildman–Crippen LogP) is 5.98. The molecule has 1 amide bonds. The predicted molar refractivity (Wildman–Crippen MR) is 181 cm³/mol. The van der Waals surface area contributed by atoms with Crippen molar-refractivity contribution >= 4 is 72.3 Å². The van der Waals surface area contributed by atoms with Crippen LogP contribution in [0.3, 0.4) is 0 Å². The monoisotopic (exact) mass is 717 g/mol. The van der Waals surface area contributed by atoms with E-state index in [0.29, 0.717) is 43.0 Å². The molecule has 47 heavy (non-hydrogen) atoms. The Hall–Kier alpha value is -3.56. The van der Waals surface area contributed by atoms with Crippen LogP contribution in [0.15, 0.2) is 54.4 Å². The highest BCUT2D eigenvalue weighted by atomic mass is 35.5. The van der Waals surface area contributed by atoms with Gasteiger partial charge in [0.15, 0.2) is 11.2 Å². The van der Waals surface area contributed by atoms with Gasteiger partial charge in [0.1, 0.15) is 11.7 Å². The number of carbonyl (C=O) groups excluding carboxylic acids is 1. The van der Waals surface area contributed by atoms with Crippen LogP contribution in [0.25, 0.3) is 22.0 Å². The third kappa shape index (κ3) is 6.61. The molecule has 0 saturated carbocycles. The number of nitrogens with one attached hydrogen (secondary N) is 1. The molecule has 0 spiro atoms. The number of piperidine rings is 1. The van der Waals surface area contributed by atoms with Gasteiger partial charge in [-0.15, -0.1) is 11.3 Å². The molecule has 2 aliphatic heterocycles. The Bertz CT molecular complexity index is 2040. The summed E-state index contributed by atoms with van der Waals surface area (Å²) in [4.78, 5) is 24.7. The van der Waals surface area contributed by atoms with Crippen molar-refractivity contribution in [3.8, 4) is 11.1 Å².